The molecule has 2 N–H and O–H groups in total. The minimum atomic E-state index is -0.930. The summed E-state index contributed by atoms with van der Waals surface area (Å²) in [6.45, 7) is 8.83. The van der Waals surface area contributed by atoms with Crippen LogP contribution in [0.1, 0.15) is 39.7 Å². The van der Waals surface area contributed by atoms with Gasteiger partial charge < -0.3 is 15.2 Å². The second-order valence-electron chi connectivity index (χ2n) is 5.60. The van der Waals surface area contributed by atoms with E-state index in [0.717, 1.165) is 12.1 Å². The van der Waals surface area contributed by atoms with Crippen molar-refractivity contribution >= 4 is 5.97 Å². The van der Waals surface area contributed by atoms with Crippen LogP contribution < -0.4 is 10.1 Å². The van der Waals surface area contributed by atoms with Crippen LogP contribution in [0.25, 0.3) is 0 Å². The van der Waals surface area contributed by atoms with Crippen LogP contribution in [0.2, 0.25) is 0 Å². The number of aliphatic carboxylic acids is 1. The predicted molar refractivity (Wildman–Crippen MR) is 75.4 cm³/mol. The van der Waals surface area contributed by atoms with E-state index in [4.69, 9.17) is 9.84 Å². The molecule has 1 atom stereocenters. The van der Waals surface area contributed by atoms with Crippen molar-refractivity contribution in [2.45, 2.75) is 52.3 Å². The van der Waals surface area contributed by atoms with Crippen LogP contribution in [0.3, 0.4) is 0 Å². The summed E-state index contributed by atoms with van der Waals surface area (Å²) in [4.78, 5) is 10.9. The number of carboxylic acids is 1. The maximum Gasteiger partial charge on any atom is 0.344 e. The maximum atomic E-state index is 10.9. The number of hydrogen-bond donors (Lipinski definition) is 2. The summed E-state index contributed by atoms with van der Waals surface area (Å²) < 4.78 is 5.47. The third kappa shape index (κ3) is 5.75. The maximum absolute atomic E-state index is 10.9. The van der Waals surface area contributed by atoms with Crippen LogP contribution in [0.5, 0.6) is 5.75 Å². The molecule has 0 amide bonds. The van der Waals surface area contributed by atoms with Gasteiger partial charge in [0.2, 0.25) is 0 Å². The number of nitrogens with one attached hydrogen (secondary N) is 1. The number of hydrogen-bond acceptors (Lipinski definition) is 3. The van der Waals surface area contributed by atoms with Crippen LogP contribution >= 0.6 is 0 Å². The summed E-state index contributed by atoms with van der Waals surface area (Å²) in [6.07, 6.45) is -0.342. The molecule has 0 aromatic heterocycles. The molecule has 0 saturated heterocycles. The lowest BCUT2D eigenvalue weighted by molar-refractivity contribution is -0.145. The third-order valence-corrected chi connectivity index (χ3v) is 2.65. The van der Waals surface area contributed by atoms with Crippen molar-refractivity contribution in [2.75, 3.05) is 0 Å². The Morgan fingerprint density at radius 1 is 1.42 bits per heavy atom. The molecular formula is C15H23NO3. The highest BCUT2D eigenvalue weighted by Crippen LogP contribution is 2.16. The molecule has 0 aliphatic heterocycles. The molecule has 0 radical (unpaired) electrons. The highest BCUT2D eigenvalue weighted by Gasteiger charge is 2.16. The third-order valence-electron chi connectivity index (χ3n) is 2.65. The van der Waals surface area contributed by atoms with Gasteiger partial charge >= 0.3 is 5.97 Å². The van der Waals surface area contributed by atoms with Crippen molar-refractivity contribution in [2.24, 2.45) is 0 Å². The van der Waals surface area contributed by atoms with E-state index in [0.29, 0.717) is 12.2 Å². The van der Waals surface area contributed by atoms with Gasteiger partial charge in [-0.1, -0.05) is 19.1 Å². The minimum absolute atomic E-state index is 0.0455. The van der Waals surface area contributed by atoms with Crippen molar-refractivity contribution in [1.29, 1.82) is 0 Å². The van der Waals surface area contributed by atoms with Gasteiger partial charge in [-0.3, -0.25) is 0 Å². The van der Waals surface area contributed by atoms with Crippen molar-refractivity contribution in [3.05, 3.63) is 29.8 Å². The molecule has 4 heteroatoms. The molecule has 0 aliphatic carbocycles. The summed E-state index contributed by atoms with van der Waals surface area (Å²) >= 11 is 0. The smallest absolute Gasteiger partial charge is 0.344 e. The minimum Gasteiger partial charge on any atom is -0.479 e. The van der Waals surface area contributed by atoms with Gasteiger partial charge in [-0.25, -0.2) is 4.79 Å². The van der Waals surface area contributed by atoms with E-state index in [1.165, 1.54) is 0 Å². The number of benzene rings is 1. The molecule has 1 aromatic rings. The topological polar surface area (TPSA) is 58.6 Å². The average Bonchev–Trinajstić information content (AvgIpc) is 2.33. The zero-order valence-electron chi connectivity index (χ0n) is 12.1. The summed E-state index contributed by atoms with van der Waals surface area (Å²) in [7, 11) is 0. The van der Waals surface area contributed by atoms with Gasteiger partial charge in [0.05, 0.1) is 0 Å². The van der Waals surface area contributed by atoms with Crippen LogP contribution in [0.15, 0.2) is 24.3 Å². The Hall–Kier alpha value is -1.55. The molecule has 0 spiro atoms. The summed E-state index contributed by atoms with van der Waals surface area (Å²) in [6, 6.07) is 7.54. The predicted octanol–water partition coefficient (Wildman–Crippen LogP) is 2.82. The Bertz CT molecular complexity index is 424. The number of carboxylic acid groups (broad SMARTS) is 1. The Labute approximate surface area is 114 Å². The zero-order chi connectivity index (χ0) is 14.5. The lowest BCUT2D eigenvalue weighted by Crippen LogP contribution is -2.35. The Balaban J connectivity index is 2.69. The molecule has 0 saturated carbocycles. The Morgan fingerprint density at radius 3 is 2.63 bits per heavy atom. The fourth-order valence-corrected chi connectivity index (χ4v) is 1.57. The van der Waals surface area contributed by atoms with Gasteiger partial charge in [0.15, 0.2) is 6.10 Å². The first-order valence-electron chi connectivity index (χ1n) is 6.55. The number of ether oxygens (including phenoxy) is 1. The molecule has 0 heterocycles. The fraction of sp³-hybridized carbons (Fsp3) is 0.533. The highest BCUT2D eigenvalue weighted by molar-refractivity contribution is 5.72. The van der Waals surface area contributed by atoms with E-state index in [9.17, 15) is 4.79 Å². The van der Waals surface area contributed by atoms with E-state index in [1.807, 2.05) is 18.2 Å². The molecule has 1 aromatic carbocycles. The van der Waals surface area contributed by atoms with Gasteiger partial charge in [0.25, 0.3) is 0 Å². The standard InChI is InChI=1S/C15H23NO3/c1-5-13(14(17)18)19-12-8-6-7-11(9-12)10-16-15(2,3)4/h6-9,13,16H,5,10H2,1-4H3,(H,17,18). The molecule has 1 rings (SSSR count). The van der Waals surface area contributed by atoms with Crippen LogP contribution in [-0.4, -0.2) is 22.7 Å². The zero-order valence-corrected chi connectivity index (χ0v) is 12.1. The molecule has 1 unspecified atom stereocenters. The quantitative estimate of drug-likeness (QED) is 0.830. The normalized spacial score (nSPS) is 13.1. The average molecular weight is 265 g/mol. The van der Waals surface area contributed by atoms with Crippen LogP contribution in [0.4, 0.5) is 0 Å². The molecule has 0 fully saturated rings. The van der Waals surface area contributed by atoms with E-state index < -0.39 is 12.1 Å². The van der Waals surface area contributed by atoms with E-state index in [-0.39, 0.29) is 5.54 Å². The van der Waals surface area contributed by atoms with Crippen molar-refractivity contribution in [3.8, 4) is 5.75 Å². The van der Waals surface area contributed by atoms with E-state index in [1.54, 1.807) is 13.0 Å². The second-order valence-corrected chi connectivity index (χ2v) is 5.60. The summed E-state index contributed by atoms with van der Waals surface area (Å²) in [5, 5.41) is 12.4. The number of rotatable bonds is 6. The van der Waals surface area contributed by atoms with Crippen LogP contribution in [0, 0.1) is 0 Å². The second kappa shape index (κ2) is 6.57. The molecule has 0 aliphatic rings. The van der Waals surface area contributed by atoms with Crippen molar-refractivity contribution in [3.63, 3.8) is 0 Å². The van der Waals surface area contributed by atoms with Gasteiger partial charge in [0, 0.05) is 12.1 Å². The summed E-state index contributed by atoms with van der Waals surface area (Å²) in [5.74, 6) is -0.330. The van der Waals surface area contributed by atoms with Gasteiger partial charge in [-0.2, -0.15) is 0 Å². The Morgan fingerprint density at radius 2 is 2.11 bits per heavy atom. The first kappa shape index (κ1) is 15.5. The van der Waals surface area contributed by atoms with Crippen molar-refractivity contribution in [1.82, 2.24) is 5.32 Å². The first-order chi connectivity index (χ1) is 8.81. The number of carbonyl (C=O) groups is 1. The van der Waals surface area contributed by atoms with Crippen molar-refractivity contribution < 1.29 is 14.6 Å². The molecule has 106 valence electrons. The van der Waals surface area contributed by atoms with Crippen LogP contribution in [-0.2, 0) is 11.3 Å². The summed E-state index contributed by atoms with van der Waals surface area (Å²) in [5.41, 5.74) is 1.12. The SMILES string of the molecule is CCC(Oc1cccc(CNC(C)(C)C)c1)C(=O)O. The Kier molecular flexibility index (Phi) is 5.36. The monoisotopic (exact) mass is 265 g/mol. The molecule has 19 heavy (non-hydrogen) atoms. The lowest BCUT2D eigenvalue weighted by atomic mass is 10.1. The molecule has 4 nitrogen and oxygen atoms in total. The fourth-order valence-electron chi connectivity index (χ4n) is 1.57. The highest BCUT2D eigenvalue weighted by atomic mass is 16.5. The van der Waals surface area contributed by atoms with Gasteiger partial charge in [0.1, 0.15) is 5.75 Å². The molecular weight excluding hydrogens is 242 g/mol. The molecule has 0 bridgehead atoms. The lowest BCUT2D eigenvalue weighted by Gasteiger charge is -2.21. The van der Waals surface area contributed by atoms with E-state index in [2.05, 4.69) is 26.1 Å². The first-order valence-corrected chi connectivity index (χ1v) is 6.55. The van der Waals surface area contributed by atoms with Gasteiger partial charge in [-0.15, -0.1) is 0 Å². The van der Waals surface area contributed by atoms with E-state index >= 15 is 0 Å². The largest absolute Gasteiger partial charge is 0.479 e. The van der Waals surface area contributed by atoms with Gasteiger partial charge in [-0.05, 0) is 44.9 Å².